The Morgan fingerprint density at radius 2 is 2.11 bits per heavy atom. The van der Waals surface area contributed by atoms with Crippen molar-refractivity contribution in [2.45, 2.75) is 6.92 Å². The van der Waals surface area contributed by atoms with E-state index in [2.05, 4.69) is 9.46 Å². The van der Waals surface area contributed by atoms with Gasteiger partial charge in [0.1, 0.15) is 0 Å². The summed E-state index contributed by atoms with van der Waals surface area (Å²) in [5, 5.41) is -0.180. The van der Waals surface area contributed by atoms with Crippen LogP contribution in [0.15, 0.2) is 0 Å². The van der Waals surface area contributed by atoms with E-state index < -0.39 is 6.09 Å². The Morgan fingerprint density at radius 1 is 1.56 bits per heavy atom. The summed E-state index contributed by atoms with van der Waals surface area (Å²) >= 11 is 0.701. The minimum Gasteiger partial charge on any atom is -0.452 e. The molecule has 0 fully saturated rings. The number of carbonyl (C=O) groups is 2. The average Bonchev–Trinajstić information content (AvgIpc) is 1.83. The van der Waals surface area contributed by atoms with Crippen molar-refractivity contribution in [3.05, 3.63) is 0 Å². The molecule has 5 heteroatoms. The van der Waals surface area contributed by atoms with E-state index in [1.807, 2.05) is 0 Å². The maximum Gasteiger partial charge on any atom is 0.417 e. The van der Waals surface area contributed by atoms with E-state index >= 15 is 0 Å². The van der Waals surface area contributed by atoms with Crippen LogP contribution >= 0.6 is 11.9 Å². The molecule has 0 aliphatic carbocycles. The van der Waals surface area contributed by atoms with Crippen LogP contribution in [0.2, 0.25) is 0 Å². The molecule has 4 nitrogen and oxygen atoms in total. The third kappa shape index (κ3) is 5.16. The van der Waals surface area contributed by atoms with Crippen LogP contribution < -0.4 is 4.72 Å². The highest BCUT2D eigenvalue weighted by Crippen LogP contribution is 1.93. The van der Waals surface area contributed by atoms with Crippen molar-refractivity contribution >= 4 is 23.2 Å². The second kappa shape index (κ2) is 4.20. The van der Waals surface area contributed by atoms with Crippen molar-refractivity contribution in [1.82, 2.24) is 4.72 Å². The Hall–Kier alpha value is -0.710. The largest absolute Gasteiger partial charge is 0.452 e. The zero-order valence-electron chi connectivity index (χ0n) is 5.13. The molecule has 0 spiro atoms. The van der Waals surface area contributed by atoms with Crippen molar-refractivity contribution in [3.8, 4) is 0 Å². The molecule has 0 aliphatic heterocycles. The zero-order chi connectivity index (χ0) is 7.28. The number of carbonyl (C=O) groups excluding carboxylic acids is 2. The molecule has 1 amide bonds. The molecule has 0 aliphatic rings. The quantitative estimate of drug-likeness (QED) is 0.510. The standard InChI is InChI=1S/C4H7NO3S/c1-3(6)9-5-4(7)8-2/h1-2H3,(H,5,7). The van der Waals surface area contributed by atoms with Gasteiger partial charge in [0.25, 0.3) is 0 Å². The lowest BCUT2D eigenvalue weighted by Crippen LogP contribution is -2.16. The number of hydrogen-bond donors (Lipinski definition) is 1. The van der Waals surface area contributed by atoms with E-state index in [0.29, 0.717) is 11.9 Å². The van der Waals surface area contributed by atoms with Gasteiger partial charge in [-0.25, -0.2) is 4.79 Å². The van der Waals surface area contributed by atoms with Crippen LogP contribution in [0.4, 0.5) is 4.79 Å². The normalized spacial score (nSPS) is 8.22. The fraction of sp³-hybridized carbons (Fsp3) is 0.500. The molecule has 1 N–H and O–H groups in total. The maximum atomic E-state index is 10.2. The van der Waals surface area contributed by atoms with E-state index in [0.717, 1.165) is 0 Å². The van der Waals surface area contributed by atoms with Gasteiger partial charge in [-0.05, 0) is 0 Å². The molecule has 0 saturated heterocycles. The van der Waals surface area contributed by atoms with Crippen LogP contribution in [0.5, 0.6) is 0 Å². The highest BCUT2D eigenvalue weighted by atomic mass is 32.2. The summed E-state index contributed by atoms with van der Waals surface area (Å²) in [5.41, 5.74) is 0. The molecule has 0 rings (SSSR count). The number of methoxy groups -OCH3 is 1. The lowest BCUT2D eigenvalue weighted by atomic mass is 10.9. The van der Waals surface area contributed by atoms with Crippen LogP contribution in [0.3, 0.4) is 0 Å². The van der Waals surface area contributed by atoms with Gasteiger partial charge in [-0.1, -0.05) is 0 Å². The summed E-state index contributed by atoms with van der Waals surface area (Å²) in [5.74, 6) is 0. The Bertz CT molecular complexity index is 125. The van der Waals surface area contributed by atoms with Gasteiger partial charge < -0.3 is 4.74 Å². The molecule has 0 aromatic carbocycles. The summed E-state index contributed by atoms with van der Waals surface area (Å²) in [4.78, 5) is 20.4. The Kier molecular flexibility index (Phi) is 3.87. The smallest absolute Gasteiger partial charge is 0.417 e. The number of rotatable bonds is 0. The third-order valence-corrected chi connectivity index (χ3v) is 1.02. The lowest BCUT2D eigenvalue weighted by Gasteiger charge is -1.96. The molecular weight excluding hydrogens is 142 g/mol. The first-order valence-corrected chi connectivity index (χ1v) is 3.00. The fourth-order valence-corrected chi connectivity index (χ4v) is 0.466. The molecule has 0 bridgehead atoms. The van der Waals surface area contributed by atoms with Crippen molar-refractivity contribution in [2.24, 2.45) is 0 Å². The van der Waals surface area contributed by atoms with Crippen LogP contribution in [-0.2, 0) is 9.53 Å². The zero-order valence-corrected chi connectivity index (χ0v) is 5.95. The summed E-state index contributed by atoms with van der Waals surface area (Å²) in [7, 11) is 1.23. The maximum absolute atomic E-state index is 10.2. The van der Waals surface area contributed by atoms with Crippen molar-refractivity contribution in [1.29, 1.82) is 0 Å². The van der Waals surface area contributed by atoms with Crippen molar-refractivity contribution < 1.29 is 14.3 Å². The highest BCUT2D eigenvalue weighted by Gasteiger charge is 1.98. The summed E-state index contributed by atoms with van der Waals surface area (Å²) in [6.07, 6.45) is -0.616. The first-order valence-electron chi connectivity index (χ1n) is 2.18. The molecular formula is C4H7NO3S. The number of nitrogens with one attached hydrogen (secondary N) is 1. The van der Waals surface area contributed by atoms with Gasteiger partial charge in [-0.15, -0.1) is 0 Å². The second-order valence-electron chi connectivity index (χ2n) is 1.19. The first kappa shape index (κ1) is 8.29. The number of amides is 1. The van der Waals surface area contributed by atoms with Crippen LogP contribution in [0.25, 0.3) is 0 Å². The molecule has 0 aromatic rings. The number of hydrogen-bond acceptors (Lipinski definition) is 4. The predicted molar refractivity (Wildman–Crippen MR) is 33.8 cm³/mol. The summed E-state index contributed by atoms with van der Waals surface area (Å²) < 4.78 is 6.32. The van der Waals surface area contributed by atoms with Crippen LogP contribution in [0, 0.1) is 0 Å². The van der Waals surface area contributed by atoms with E-state index in [1.54, 1.807) is 0 Å². The van der Waals surface area contributed by atoms with Crippen LogP contribution in [-0.4, -0.2) is 18.3 Å². The van der Waals surface area contributed by atoms with Crippen molar-refractivity contribution in [2.75, 3.05) is 7.11 Å². The highest BCUT2D eigenvalue weighted by molar-refractivity contribution is 8.12. The molecule has 0 atom stereocenters. The van der Waals surface area contributed by atoms with Gasteiger partial charge in [-0.2, -0.15) is 0 Å². The summed E-state index contributed by atoms with van der Waals surface area (Å²) in [6, 6.07) is 0. The van der Waals surface area contributed by atoms with Gasteiger partial charge in [0.15, 0.2) is 0 Å². The SMILES string of the molecule is COC(=O)NSC(C)=O. The second-order valence-corrected chi connectivity index (χ2v) is 2.17. The Balaban J connectivity index is 3.28. The Morgan fingerprint density at radius 3 is 2.44 bits per heavy atom. The minimum atomic E-state index is -0.616. The van der Waals surface area contributed by atoms with E-state index in [4.69, 9.17) is 0 Å². The van der Waals surface area contributed by atoms with Gasteiger partial charge in [0.05, 0.1) is 7.11 Å². The molecule has 52 valence electrons. The van der Waals surface area contributed by atoms with Gasteiger partial charge in [0, 0.05) is 18.9 Å². The van der Waals surface area contributed by atoms with Gasteiger partial charge in [-0.3, -0.25) is 9.52 Å². The van der Waals surface area contributed by atoms with Crippen molar-refractivity contribution in [3.63, 3.8) is 0 Å². The third-order valence-electron chi connectivity index (χ3n) is 0.463. The lowest BCUT2D eigenvalue weighted by molar-refractivity contribution is -0.109. The fourth-order valence-electron chi connectivity index (χ4n) is 0.155. The number of ether oxygens (including phenoxy) is 1. The molecule has 0 heterocycles. The Labute approximate surface area is 57.1 Å². The van der Waals surface area contributed by atoms with E-state index in [-0.39, 0.29) is 5.12 Å². The van der Waals surface area contributed by atoms with E-state index in [9.17, 15) is 9.59 Å². The molecule has 0 radical (unpaired) electrons. The minimum absolute atomic E-state index is 0.180. The molecule has 0 aromatic heterocycles. The molecule has 9 heavy (non-hydrogen) atoms. The first-order chi connectivity index (χ1) is 4.16. The van der Waals surface area contributed by atoms with Gasteiger partial charge >= 0.3 is 6.09 Å². The summed E-state index contributed by atoms with van der Waals surface area (Å²) in [6.45, 7) is 1.35. The molecule has 0 unspecified atom stereocenters. The predicted octanol–water partition coefficient (Wildman–Crippen LogP) is 0.537. The average molecular weight is 149 g/mol. The monoisotopic (exact) mass is 149 g/mol. The molecule has 0 saturated carbocycles. The van der Waals surface area contributed by atoms with Crippen LogP contribution in [0.1, 0.15) is 6.92 Å². The van der Waals surface area contributed by atoms with E-state index in [1.165, 1.54) is 14.0 Å². The van der Waals surface area contributed by atoms with Gasteiger partial charge in [0.2, 0.25) is 5.12 Å². The topological polar surface area (TPSA) is 55.4 Å².